The first-order valence-corrected chi connectivity index (χ1v) is 11.1. The van der Waals surface area contributed by atoms with Gasteiger partial charge in [0, 0.05) is 25.1 Å². The monoisotopic (exact) mass is 395 g/mol. The third-order valence-corrected chi connectivity index (χ3v) is 6.97. The molecular weight excluding hydrogens is 370 g/mol. The van der Waals surface area contributed by atoms with Crippen molar-refractivity contribution in [2.75, 3.05) is 25.9 Å². The zero-order valence-electron chi connectivity index (χ0n) is 15.0. The molecule has 2 heterocycles. The van der Waals surface area contributed by atoms with Crippen molar-refractivity contribution in [2.24, 2.45) is 0 Å². The Labute approximate surface area is 162 Å². The third-order valence-electron chi connectivity index (χ3n) is 5.20. The summed E-state index contributed by atoms with van der Waals surface area (Å²) >= 11 is 3.43. The molecule has 3 rings (SSSR count). The Balaban J connectivity index is 1.44. The van der Waals surface area contributed by atoms with Crippen molar-refractivity contribution in [3.63, 3.8) is 0 Å². The summed E-state index contributed by atoms with van der Waals surface area (Å²) in [4.78, 5) is 40.2. The van der Waals surface area contributed by atoms with Gasteiger partial charge in [-0.15, -0.1) is 0 Å². The molecule has 0 radical (unpaired) electrons. The smallest absolute Gasteiger partial charge is 0.327 e. The number of carbonyl (C=O) groups excluding carboxylic acids is 3. The number of urea groups is 1. The van der Waals surface area contributed by atoms with Crippen molar-refractivity contribution in [3.8, 4) is 0 Å². The van der Waals surface area contributed by atoms with Gasteiger partial charge in [0.25, 0.3) is 5.91 Å². The fourth-order valence-corrected chi connectivity index (χ4v) is 5.28. The van der Waals surface area contributed by atoms with E-state index in [0.717, 1.165) is 35.7 Å². The Bertz CT molecular complexity index is 657. The summed E-state index contributed by atoms with van der Waals surface area (Å²) in [5.74, 6) is 1.25. The molecule has 26 heavy (non-hydrogen) atoms. The maximum atomic E-state index is 12.8. The van der Waals surface area contributed by atoms with Gasteiger partial charge in [0.2, 0.25) is 5.91 Å². The maximum absolute atomic E-state index is 12.8. The molecule has 8 heteroatoms. The van der Waals surface area contributed by atoms with Crippen LogP contribution in [0.15, 0.2) is 16.8 Å². The number of hydrogen-bond acceptors (Lipinski definition) is 5. The number of hydrogen-bond donors (Lipinski definition) is 1. The van der Waals surface area contributed by atoms with Crippen LogP contribution in [0, 0.1) is 0 Å². The van der Waals surface area contributed by atoms with E-state index in [9.17, 15) is 14.4 Å². The van der Waals surface area contributed by atoms with Crippen LogP contribution in [-0.4, -0.2) is 59.1 Å². The second-order valence-electron chi connectivity index (χ2n) is 6.86. The molecule has 142 valence electrons. The van der Waals surface area contributed by atoms with Gasteiger partial charge in [0.05, 0.1) is 0 Å². The highest BCUT2D eigenvalue weighted by molar-refractivity contribution is 7.98. The normalized spacial score (nSPS) is 19.4. The molecule has 0 atom stereocenters. The minimum Gasteiger partial charge on any atom is -0.354 e. The second-order valence-corrected chi connectivity index (χ2v) is 8.74. The topological polar surface area (TPSA) is 69.7 Å². The van der Waals surface area contributed by atoms with Gasteiger partial charge in [-0.1, -0.05) is 19.3 Å². The van der Waals surface area contributed by atoms with E-state index in [1.54, 1.807) is 35.0 Å². The van der Waals surface area contributed by atoms with E-state index in [1.165, 1.54) is 5.56 Å². The van der Waals surface area contributed by atoms with Crippen LogP contribution < -0.4 is 5.32 Å². The summed E-state index contributed by atoms with van der Waals surface area (Å²) in [6.45, 7) is 0.351. The fourth-order valence-electron chi connectivity index (χ4n) is 3.70. The van der Waals surface area contributed by atoms with Crippen LogP contribution in [0.1, 0.15) is 37.7 Å². The van der Waals surface area contributed by atoms with Crippen molar-refractivity contribution < 1.29 is 14.4 Å². The summed E-state index contributed by atoms with van der Waals surface area (Å²) in [5.41, 5.74) is 0.576. The Morgan fingerprint density at radius 2 is 2.08 bits per heavy atom. The molecule has 1 aliphatic heterocycles. The molecule has 0 aromatic carbocycles. The number of thioether (sulfide) groups is 1. The van der Waals surface area contributed by atoms with E-state index < -0.39 is 5.54 Å². The highest BCUT2D eigenvalue weighted by Crippen LogP contribution is 2.39. The van der Waals surface area contributed by atoms with E-state index in [-0.39, 0.29) is 24.4 Å². The molecule has 0 unspecified atom stereocenters. The van der Waals surface area contributed by atoms with Crippen molar-refractivity contribution in [2.45, 2.75) is 43.4 Å². The van der Waals surface area contributed by atoms with Crippen LogP contribution in [0.4, 0.5) is 4.79 Å². The maximum Gasteiger partial charge on any atom is 0.327 e. The molecule has 1 aromatic heterocycles. The predicted molar refractivity (Wildman–Crippen MR) is 104 cm³/mol. The van der Waals surface area contributed by atoms with Crippen molar-refractivity contribution >= 4 is 40.9 Å². The molecule has 1 spiro atoms. The van der Waals surface area contributed by atoms with Crippen LogP contribution in [0.5, 0.6) is 0 Å². The molecule has 1 saturated carbocycles. The minimum atomic E-state index is -0.716. The molecule has 0 bridgehead atoms. The molecule has 1 saturated heterocycles. The van der Waals surface area contributed by atoms with Crippen molar-refractivity contribution in [1.29, 1.82) is 0 Å². The number of amides is 4. The summed E-state index contributed by atoms with van der Waals surface area (Å²) in [7, 11) is 1.69. The van der Waals surface area contributed by atoms with Gasteiger partial charge in [-0.3, -0.25) is 14.5 Å². The Morgan fingerprint density at radius 3 is 2.77 bits per heavy atom. The molecule has 1 N–H and O–H groups in total. The van der Waals surface area contributed by atoms with Crippen molar-refractivity contribution in [1.82, 2.24) is 15.1 Å². The summed E-state index contributed by atoms with van der Waals surface area (Å²) in [5, 5.41) is 6.99. The Kier molecular flexibility index (Phi) is 6.24. The van der Waals surface area contributed by atoms with Gasteiger partial charge in [0.1, 0.15) is 12.1 Å². The molecular formula is C18H25N3O3S2. The first kappa shape index (κ1) is 19.2. The summed E-state index contributed by atoms with van der Waals surface area (Å²) in [6, 6.07) is 1.75. The Hall–Kier alpha value is -1.54. The number of imide groups is 1. The molecule has 1 aliphatic carbocycles. The molecule has 4 amide bonds. The lowest BCUT2D eigenvalue weighted by atomic mass is 9.81. The largest absolute Gasteiger partial charge is 0.354 e. The SMILES string of the molecule is CN1C(=O)N(CC(=O)NCCSCc2ccsc2)C(=O)C12CCCCC2. The standard InChI is InChI=1S/C18H25N3O3S2/c1-20-17(24)21(16(23)18(20)6-3-2-4-7-18)11-15(22)19-8-10-26-13-14-5-9-25-12-14/h5,9,12H,2-4,6-8,10-11,13H2,1H3,(H,19,22). The zero-order valence-corrected chi connectivity index (χ0v) is 16.7. The molecule has 2 aliphatic rings. The molecule has 2 fully saturated rings. The van der Waals surface area contributed by atoms with E-state index in [1.807, 2.05) is 0 Å². The lowest BCUT2D eigenvalue weighted by Crippen LogP contribution is -2.49. The van der Waals surface area contributed by atoms with Gasteiger partial charge in [-0.2, -0.15) is 23.1 Å². The lowest BCUT2D eigenvalue weighted by molar-refractivity contribution is -0.137. The number of carbonyl (C=O) groups is 3. The van der Waals surface area contributed by atoms with E-state index >= 15 is 0 Å². The average molecular weight is 396 g/mol. The first-order chi connectivity index (χ1) is 12.5. The summed E-state index contributed by atoms with van der Waals surface area (Å²) < 4.78 is 0. The van der Waals surface area contributed by atoms with Gasteiger partial charge in [-0.25, -0.2) is 4.79 Å². The fraction of sp³-hybridized carbons (Fsp3) is 0.611. The number of nitrogens with zero attached hydrogens (tertiary/aromatic N) is 2. The first-order valence-electron chi connectivity index (χ1n) is 9.00. The highest BCUT2D eigenvalue weighted by Gasteiger charge is 2.55. The van der Waals surface area contributed by atoms with E-state index in [2.05, 4.69) is 22.1 Å². The molecule has 6 nitrogen and oxygen atoms in total. The van der Waals surface area contributed by atoms with E-state index in [4.69, 9.17) is 0 Å². The number of thiophene rings is 1. The Morgan fingerprint density at radius 1 is 1.31 bits per heavy atom. The third kappa shape index (κ3) is 3.91. The van der Waals surface area contributed by atoms with Crippen molar-refractivity contribution in [3.05, 3.63) is 22.4 Å². The lowest BCUT2D eigenvalue weighted by Gasteiger charge is -2.35. The molecule has 1 aromatic rings. The minimum absolute atomic E-state index is 0.182. The van der Waals surface area contributed by atoms with Gasteiger partial charge in [-0.05, 0) is 35.2 Å². The zero-order chi connectivity index (χ0) is 18.6. The predicted octanol–water partition coefficient (Wildman–Crippen LogP) is 2.69. The second kappa shape index (κ2) is 8.43. The van der Waals surface area contributed by atoms with Crippen LogP contribution in [0.3, 0.4) is 0 Å². The number of nitrogens with one attached hydrogen (secondary N) is 1. The average Bonchev–Trinajstić information content (AvgIpc) is 3.22. The van der Waals surface area contributed by atoms with Crippen LogP contribution >= 0.6 is 23.1 Å². The van der Waals surface area contributed by atoms with Gasteiger partial charge < -0.3 is 10.2 Å². The number of likely N-dealkylation sites (N-methyl/N-ethyl adjacent to an activating group) is 1. The van der Waals surface area contributed by atoms with Gasteiger partial charge in [0.15, 0.2) is 0 Å². The quantitative estimate of drug-likeness (QED) is 0.569. The van der Waals surface area contributed by atoms with Crippen LogP contribution in [0.2, 0.25) is 0 Å². The van der Waals surface area contributed by atoms with Crippen LogP contribution in [0.25, 0.3) is 0 Å². The highest BCUT2D eigenvalue weighted by atomic mass is 32.2. The van der Waals surface area contributed by atoms with Crippen LogP contribution in [-0.2, 0) is 15.3 Å². The van der Waals surface area contributed by atoms with E-state index in [0.29, 0.717) is 19.4 Å². The summed E-state index contributed by atoms with van der Waals surface area (Å²) in [6.07, 6.45) is 4.40. The number of rotatable bonds is 7. The van der Waals surface area contributed by atoms with Gasteiger partial charge >= 0.3 is 6.03 Å².